The first-order valence-corrected chi connectivity index (χ1v) is 10.9. The Labute approximate surface area is 170 Å². The van der Waals surface area contributed by atoms with Crippen molar-refractivity contribution in [1.82, 2.24) is 0 Å². The molecule has 0 N–H and O–H groups in total. The van der Waals surface area contributed by atoms with Gasteiger partial charge in [-0.05, 0) is 48.5 Å². The molecule has 4 aromatic rings. The van der Waals surface area contributed by atoms with Crippen LogP contribution >= 0.6 is 7.37 Å². The van der Waals surface area contributed by atoms with Crippen LogP contribution in [0.25, 0.3) is 0 Å². The number of hydrogen-bond donors (Lipinski definition) is 0. The Hall–Kier alpha value is -3.42. The minimum atomic E-state index is -3.33. The molecule has 0 aromatic heterocycles. The van der Waals surface area contributed by atoms with E-state index in [2.05, 4.69) is 0 Å². The largest absolute Gasteiger partial charge is 0.437 e. The van der Waals surface area contributed by atoms with Gasteiger partial charge in [-0.15, -0.1) is 0 Å². The summed E-state index contributed by atoms with van der Waals surface area (Å²) in [4.78, 5) is 12.6. The van der Waals surface area contributed by atoms with Gasteiger partial charge >= 0.3 is 7.37 Å². The summed E-state index contributed by atoms with van der Waals surface area (Å²) in [7, 11) is -3.33. The van der Waals surface area contributed by atoms with Crippen LogP contribution in [0.5, 0.6) is 5.75 Å². The molecule has 0 saturated heterocycles. The van der Waals surface area contributed by atoms with Gasteiger partial charge in [0.2, 0.25) is 0 Å². The quantitative estimate of drug-likeness (QED) is 0.330. The molecule has 0 amide bonds. The summed E-state index contributed by atoms with van der Waals surface area (Å²) in [6.45, 7) is 0. The molecule has 0 atom stereocenters. The van der Waals surface area contributed by atoms with E-state index in [0.29, 0.717) is 27.5 Å². The van der Waals surface area contributed by atoms with E-state index in [1.165, 1.54) is 0 Å². The van der Waals surface area contributed by atoms with E-state index >= 15 is 0 Å². The number of benzene rings is 4. The molecule has 0 fully saturated rings. The van der Waals surface area contributed by atoms with Gasteiger partial charge in [0.1, 0.15) is 5.75 Å². The van der Waals surface area contributed by atoms with Crippen molar-refractivity contribution in [1.29, 1.82) is 0 Å². The highest BCUT2D eigenvalue weighted by atomic mass is 31.2. The van der Waals surface area contributed by atoms with Crippen LogP contribution in [-0.2, 0) is 4.57 Å². The van der Waals surface area contributed by atoms with Gasteiger partial charge in [-0.3, -0.25) is 9.36 Å². The van der Waals surface area contributed by atoms with Crippen molar-refractivity contribution in [2.75, 3.05) is 0 Å². The molecule has 0 radical (unpaired) electrons. The summed E-state index contributed by atoms with van der Waals surface area (Å²) in [5.41, 5.74) is 1.18. The van der Waals surface area contributed by atoms with E-state index in [-0.39, 0.29) is 5.78 Å². The topological polar surface area (TPSA) is 43.4 Å². The van der Waals surface area contributed by atoms with E-state index in [0.717, 1.165) is 0 Å². The highest BCUT2D eigenvalue weighted by molar-refractivity contribution is 7.74. The van der Waals surface area contributed by atoms with Crippen LogP contribution in [0.3, 0.4) is 0 Å². The third-order valence-corrected chi connectivity index (χ3v) is 7.00. The van der Waals surface area contributed by atoms with Crippen LogP contribution in [0.2, 0.25) is 0 Å². The van der Waals surface area contributed by atoms with Gasteiger partial charge in [0, 0.05) is 11.1 Å². The maximum Gasteiger partial charge on any atom is 0.306 e. The molecule has 0 bridgehead atoms. The van der Waals surface area contributed by atoms with Crippen molar-refractivity contribution in [3.63, 3.8) is 0 Å². The van der Waals surface area contributed by atoms with Crippen molar-refractivity contribution in [2.45, 2.75) is 0 Å². The lowest BCUT2D eigenvalue weighted by Gasteiger charge is -2.20. The summed E-state index contributed by atoms with van der Waals surface area (Å²) in [6.07, 6.45) is 0. The maximum atomic E-state index is 13.9. The second kappa shape index (κ2) is 8.30. The number of carbonyl (C=O) groups is 1. The zero-order valence-corrected chi connectivity index (χ0v) is 16.5. The molecule has 29 heavy (non-hydrogen) atoms. The number of rotatable bonds is 6. The molecule has 4 aromatic carbocycles. The Kier molecular flexibility index (Phi) is 5.41. The summed E-state index contributed by atoms with van der Waals surface area (Å²) in [5.74, 6) is 0.386. The zero-order valence-electron chi connectivity index (χ0n) is 15.6. The fourth-order valence-corrected chi connectivity index (χ4v) is 5.13. The fourth-order valence-electron chi connectivity index (χ4n) is 3.07. The van der Waals surface area contributed by atoms with Crippen LogP contribution in [0.1, 0.15) is 15.9 Å². The first-order valence-electron chi connectivity index (χ1n) is 9.27. The van der Waals surface area contributed by atoms with Crippen LogP contribution in [0, 0.1) is 0 Å². The maximum absolute atomic E-state index is 13.9. The van der Waals surface area contributed by atoms with Crippen LogP contribution in [-0.4, -0.2) is 5.78 Å². The lowest BCUT2D eigenvalue weighted by molar-refractivity contribution is 0.103. The van der Waals surface area contributed by atoms with E-state index in [1.807, 2.05) is 54.6 Å². The van der Waals surface area contributed by atoms with E-state index < -0.39 is 7.37 Å². The summed E-state index contributed by atoms with van der Waals surface area (Å²) >= 11 is 0. The SMILES string of the molecule is O=C(c1ccccc1)c1ccc(OP(=O)(c2ccccc2)c2ccccc2)cc1. The lowest BCUT2D eigenvalue weighted by atomic mass is 10.0. The van der Waals surface area contributed by atoms with Crippen molar-refractivity contribution in [3.8, 4) is 5.75 Å². The Bertz CT molecular complexity index is 1100. The predicted molar refractivity (Wildman–Crippen MR) is 117 cm³/mol. The number of hydrogen-bond acceptors (Lipinski definition) is 3. The number of carbonyl (C=O) groups excluding carboxylic acids is 1. The van der Waals surface area contributed by atoms with Crippen LogP contribution in [0.4, 0.5) is 0 Å². The average Bonchev–Trinajstić information content (AvgIpc) is 2.81. The Balaban J connectivity index is 1.65. The fraction of sp³-hybridized carbons (Fsp3) is 0. The summed E-state index contributed by atoms with van der Waals surface area (Å²) in [5, 5.41) is 1.24. The Morgan fingerprint density at radius 1 is 0.552 bits per heavy atom. The number of ketones is 1. The Morgan fingerprint density at radius 3 is 1.45 bits per heavy atom. The molecule has 0 aliphatic heterocycles. The van der Waals surface area contributed by atoms with Crippen LogP contribution < -0.4 is 15.1 Å². The smallest absolute Gasteiger partial charge is 0.306 e. The van der Waals surface area contributed by atoms with Gasteiger partial charge in [-0.1, -0.05) is 66.7 Å². The highest BCUT2D eigenvalue weighted by Crippen LogP contribution is 2.45. The molecule has 0 aliphatic carbocycles. The molecule has 0 saturated carbocycles. The van der Waals surface area contributed by atoms with Crippen molar-refractivity contribution < 1.29 is 13.9 Å². The summed E-state index contributed by atoms with van der Waals surface area (Å²) in [6, 6.07) is 34.2. The molecule has 0 unspecified atom stereocenters. The highest BCUT2D eigenvalue weighted by Gasteiger charge is 2.30. The summed E-state index contributed by atoms with van der Waals surface area (Å²) < 4.78 is 20.0. The molecule has 0 aliphatic rings. The third kappa shape index (κ3) is 4.06. The molecular formula is C25H19O3P. The van der Waals surface area contributed by atoms with E-state index in [4.69, 9.17) is 4.52 Å². The second-order valence-corrected chi connectivity index (χ2v) is 8.85. The molecule has 3 nitrogen and oxygen atoms in total. The van der Waals surface area contributed by atoms with E-state index in [9.17, 15) is 9.36 Å². The first-order chi connectivity index (χ1) is 14.2. The van der Waals surface area contributed by atoms with Crippen molar-refractivity contribution >= 4 is 23.8 Å². The van der Waals surface area contributed by atoms with Gasteiger partial charge in [0.05, 0.1) is 10.6 Å². The van der Waals surface area contributed by atoms with Crippen molar-refractivity contribution in [3.05, 3.63) is 126 Å². The third-order valence-electron chi connectivity index (χ3n) is 4.58. The first kappa shape index (κ1) is 18.9. The van der Waals surface area contributed by atoms with Crippen LogP contribution in [0.15, 0.2) is 115 Å². The second-order valence-electron chi connectivity index (χ2n) is 6.53. The normalized spacial score (nSPS) is 11.0. The van der Waals surface area contributed by atoms with Crippen molar-refractivity contribution in [2.24, 2.45) is 0 Å². The van der Waals surface area contributed by atoms with Gasteiger partial charge in [-0.2, -0.15) is 0 Å². The van der Waals surface area contributed by atoms with Gasteiger partial charge in [0.25, 0.3) is 0 Å². The zero-order chi connectivity index (χ0) is 20.1. The van der Waals surface area contributed by atoms with Gasteiger partial charge < -0.3 is 4.52 Å². The monoisotopic (exact) mass is 398 g/mol. The Morgan fingerprint density at radius 2 is 0.966 bits per heavy atom. The minimum Gasteiger partial charge on any atom is -0.437 e. The lowest BCUT2D eigenvalue weighted by Crippen LogP contribution is -2.20. The average molecular weight is 398 g/mol. The standard InChI is InChI=1S/C25H19O3P/c26-25(20-10-4-1-5-11-20)21-16-18-22(19-17-21)28-29(27,23-12-6-2-7-13-23)24-14-8-3-9-15-24/h1-19H. The minimum absolute atomic E-state index is 0.0635. The van der Waals surface area contributed by atoms with Gasteiger partial charge in [-0.25, -0.2) is 0 Å². The molecule has 142 valence electrons. The molecule has 0 spiro atoms. The molecule has 0 heterocycles. The molecular weight excluding hydrogens is 379 g/mol. The molecule has 4 heteroatoms. The van der Waals surface area contributed by atoms with E-state index in [1.54, 1.807) is 60.7 Å². The molecule has 4 rings (SSSR count). The predicted octanol–water partition coefficient (Wildman–Crippen LogP) is 5.23. The van der Waals surface area contributed by atoms with Gasteiger partial charge in [0.15, 0.2) is 5.78 Å².